The molecule has 4 rings (SSSR count). The second-order valence-electron chi connectivity index (χ2n) is 6.30. The molecule has 2 aromatic heterocycles. The van der Waals surface area contributed by atoms with Crippen molar-refractivity contribution in [1.29, 1.82) is 0 Å². The van der Waals surface area contributed by atoms with Crippen LogP contribution in [0.2, 0.25) is 5.02 Å². The van der Waals surface area contributed by atoms with Gasteiger partial charge in [-0.15, -0.1) is 5.10 Å². The molecule has 146 valence electrons. The molecule has 2 aromatic carbocycles. The Hall–Kier alpha value is -3.52. The zero-order valence-electron chi connectivity index (χ0n) is 15.0. The molecule has 4 aromatic rings. The third-order valence-corrected chi connectivity index (χ3v) is 4.40. The molecule has 0 spiro atoms. The SMILES string of the molecule is O=C(NCc1cn(Cc2ccc(F)cc2)nn1)c1cc(-c2ccc(Cl)cc2)on1. The van der Waals surface area contributed by atoms with Gasteiger partial charge in [-0.05, 0) is 42.0 Å². The van der Waals surface area contributed by atoms with Gasteiger partial charge < -0.3 is 9.84 Å². The molecule has 0 saturated heterocycles. The fourth-order valence-corrected chi connectivity index (χ4v) is 2.79. The maximum Gasteiger partial charge on any atom is 0.273 e. The Labute approximate surface area is 170 Å². The van der Waals surface area contributed by atoms with Crippen LogP contribution in [0.3, 0.4) is 0 Å². The van der Waals surface area contributed by atoms with Crippen LogP contribution in [0.1, 0.15) is 21.7 Å². The molecular weight excluding hydrogens is 397 g/mol. The normalized spacial score (nSPS) is 10.8. The van der Waals surface area contributed by atoms with E-state index in [0.717, 1.165) is 11.1 Å². The first-order valence-corrected chi connectivity index (χ1v) is 9.09. The highest BCUT2D eigenvalue weighted by Gasteiger charge is 2.14. The summed E-state index contributed by atoms with van der Waals surface area (Å²) in [5, 5.41) is 15.2. The highest BCUT2D eigenvalue weighted by atomic mass is 35.5. The molecule has 0 radical (unpaired) electrons. The molecule has 0 aliphatic heterocycles. The molecule has 9 heteroatoms. The third-order valence-electron chi connectivity index (χ3n) is 4.15. The lowest BCUT2D eigenvalue weighted by molar-refractivity contribution is 0.0941. The van der Waals surface area contributed by atoms with Crippen molar-refractivity contribution in [2.24, 2.45) is 0 Å². The van der Waals surface area contributed by atoms with Gasteiger partial charge in [0.15, 0.2) is 11.5 Å². The van der Waals surface area contributed by atoms with Crippen LogP contribution < -0.4 is 5.32 Å². The Morgan fingerprint density at radius 2 is 1.90 bits per heavy atom. The lowest BCUT2D eigenvalue weighted by Gasteiger charge is -2.00. The molecule has 0 aliphatic carbocycles. The average Bonchev–Trinajstić information content (AvgIpc) is 3.38. The number of rotatable bonds is 6. The number of nitrogens with zero attached hydrogens (tertiary/aromatic N) is 4. The van der Waals surface area contributed by atoms with E-state index in [-0.39, 0.29) is 24.0 Å². The molecule has 29 heavy (non-hydrogen) atoms. The summed E-state index contributed by atoms with van der Waals surface area (Å²) >= 11 is 5.87. The van der Waals surface area contributed by atoms with Crippen molar-refractivity contribution in [3.63, 3.8) is 0 Å². The highest BCUT2D eigenvalue weighted by molar-refractivity contribution is 6.30. The number of carbonyl (C=O) groups excluding carboxylic acids is 1. The Morgan fingerprint density at radius 3 is 2.66 bits per heavy atom. The van der Waals surface area contributed by atoms with Crippen molar-refractivity contribution in [2.45, 2.75) is 13.1 Å². The van der Waals surface area contributed by atoms with Crippen LogP contribution in [0, 0.1) is 5.82 Å². The fourth-order valence-electron chi connectivity index (χ4n) is 2.67. The molecule has 0 unspecified atom stereocenters. The zero-order chi connectivity index (χ0) is 20.2. The van der Waals surface area contributed by atoms with Crippen molar-refractivity contribution >= 4 is 17.5 Å². The Bertz CT molecular complexity index is 1120. The van der Waals surface area contributed by atoms with Crippen LogP contribution in [-0.2, 0) is 13.1 Å². The fraction of sp³-hybridized carbons (Fsp3) is 0.100. The van der Waals surface area contributed by atoms with E-state index in [4.69, 9.17) is 16.1 Å². The summed E-state index contributed by atoms with van der Waals surface area (Å²) in [7, 11) is 0. The summed E-state index contributed by atoms with van der Waals surface area (Å²) < 4.78 is 19.8. The number of benzene rings is 2. The Kier molecular flexibility index (Phi) is 5.35. The largest absolute Gasteiger partial charge is 0.355 e. The molecule has 7 nitrogen and oxygen atoms in total. The van der Waals surface area contributed by atoms with Crippen LogP contribution in [-0.4, -0.2) is 26.1 Å². The van der Waals surface area contributed by atoms with Gasteiger partial charge in [-0.1, -0.05) is 34.1 Å². The number of hydrogen-bond acceptors (Lipinski definition) is 5. The van der Waals surface area contributed by atoms with Crippen LogP contribution >= 0.6 is 11.6 Å². The summed E-state index contributed by atoms with van der Waals surface area (Å²) in [5.74, 6) is -0.207. The lowest BCUT2D eigenvalue weighted by atomic mass is 10.1. The van der Waals surface area contributed by atoms with Crippen molar-refractivity contribution in [2.75, 3.05) is 0 Å². The number of hydrogen-bond donors (Lipinski definition) is 1. The smallest absolute Gasteiger partial charge is 0.273 e. The number of nitrogens with one attached hydrogen (secondary N) is 1. The molecule has 0 aliphatic rings. The number of aromatic nitrogens is 4. The Balaban J connectivity index is 1.34. The minimum atomic E-state index is -0.387. The first kappa shape index (κ1) is 18.8. The van der Waals surface area contributed by atoms with Crippen LogP contribution in [0.25, 0.3) is 11.3 Å². The van der Waals surface area contributed by atoms with Gasteiger partial charge in [0.1, 0.15) is 11.5 Å². The maximum absolute atomic E-state index is 13.0. The molecule has 0 saturated carbocycles. The van der Waals surface area contributed by atoms with Gasteiger partial charge in [-0.25, -0.2) is 9.07 Å². The minimum absolute atomic E-state index is 0.161. The monoisotopic (exact) mass is 411 g/mol. The maximum atomic E-state index is 13.0. The van der Waals surface area contributed by atoms with Gasteiger partial charge in [0.2, 0.25) is 0 Å². The van der Waals surface area contributed by atoms with Gasteiger partial charge in [0.05, 0.1) is 19.3 Å². The zero-order valence-corrected chi connectivity index (χ0v) is 15.8. The van der Waals surface area contributed by atoms with Crippen LogP contribution in [0.5, 0.6) is 0 Å². The summed E-state index contributed by atoms with van der Waals surface area (Å²) in [6, 6.07) is 14.7. The van der Waals surface area contributed by atoms with Gasteiger partial charge in [0.25, 0.3) is 5.91 Å². The van der Waals surface area contributed by atoms with E-state index in [0.29, 0.717) is 23.0 Å². The molecule has 0 fully saturated rings. The molecule has 1 N–H and O–H groups in total. The van der Waals surface area contributed by atoms with Crippen molar-refractivity contribution < 1.29 is 13.7 Å². The Morgan fingerprint density at radius 1 is 1.14 bits per heavy atom. The topological polar surface area (TPSA) is 85.8 Å². The average molecular weight is 412 g/mol. The van der Waals surface area contributed by atoms with Gasteiger partial charge in [-0.3, -0.25) is 4.79 Å². The first-order valence-electron chi connectivity index (χ1n) is 8.71. The second-order valence-corrected chi connectivity index (χ2v) is 6.74. The molecule has 1 amide bonds. The minimum Gasteiger partial charge on any atom is -0.355 e. The number of halogens is 2. The molecular formula is C20H15ClFN5O2. The van der Waals surface area contributed by atoms with Crippen molar-refractivity contribution in [3.05, 3.63) is 88.6 Å². The van der Waals surface area contributed by atoms with Gasteiger partial charge in [0, 0.05) is 16.7 Å². The molecule has 0 atom stereocenters. The standard InChI is InChI=1S/C20H15ClFN5O2/c21-15-5-3-14(4-6-15)19-9-18(25-29-19)20(28)23-10-17-12-27(26-24-17)11-13-1-7-16(22)8-2-13/h1-9,12H,10-11H2,(H,23,28). The summed E-state index contributed by atoms with van der Waals surface area (Å²) in [6.07, 6.45) is 1.71. The van der Waals surface area contributed by atoms with E-state index in [1.165, 1.54) is 12.1 Å². The van der Waals surface area contributed by atoms with Gasteiger partial charge >= 0.3 is 0 Å². The van der Waals surface area contributed by atoms with Crippen molar-refractivity contribution in [1.82, 2.24) is 25.5 Å². The molecule has 2 heterocycles. The van der Waals surface area contributed by atoms with E-state index < -0.39 is 0 Å². The van der Waals surface area contributed by atoms with Crippen molar-refractivity contribution in [3.8, 4) is 11.3 Å². The van der Waals surface area contributed by atoms with E-state index in [2.05, 4.69) is 20.8 Å². The predicted octanol–water partition coefficient (Wildman–Crippen LogP) is 3.70. The predicted molar refractivity (Wildman–Crippen MR) is 104 cm³/mol. The first-order chi connectivity index (χ1) is 14.1. The third kappa shape index (κ3) is 4.67. The quantitative estimate of drug-likeness (QED) is 0.522. The van der Waals surface area contributed by atoms with Crippen LogP contribution in [0.4, 0.5) is 4.39 Å². The van der Waals surface area contributed by atoms with E-state index in [1.54, 1.807) is 53.3 Å². The summed E-state index contributed by atoms with van der Waals surface area (Å²) in [5.41, 5.74) is 2.41. The molecule has 0 bridgehead atoms. The van der Waals surface area contributed by atoms with E-state index in [9.17, 15) is 9.18 Å². The number of amides is 1. The lowest BCUT2D eigenvalue weighted by Crippen LogP contribution is -2.23. The van der Waals surface area contributed by atoms with Gasteiger partial charge in [-0.2, -0.15) is 0 Å². The number of carbonyl (C=O) groups is 1. The van der Waals surface area contributed by atoms with E-state index in [1.807, 2.05) is 0 Å². The van der Waals surface area contributed by atoms with E-state index >= 15 is 0 Å². The summed E-state index contributed by atoms with van der Waals surface area (Å²) in [6.45, 7) is 0.639. The summed E-state index contributed by atoms with van der Waals surface area (Å²) in [4.78, 5) is 12.3. The highest BCUT2D eigenvalue weighted by Crippen LogP contribution is 2.22. The second kappa shape index (κ2) is 8.24. The van der Waals surface area contributed by atoms with Crippen LogP contribution in [0.15, 0.2) is 65.3 Å².